The molecule has 0 aromatic carbocycles. The van der Waals surface area contributed by atoms with Crippen LogP contribution < -0.4 is 0 Å². The second-order valence-electron chi connectivity index (χ2n) is 6.06. The molecule has 0 N–H and O–H groups in total. The number of carbonyl (C=O) groups excluding carboxylic acids is 2. The van der Waals surface area contributed by atoms with Crippen LogP contribution in [0.15, 0.2) is 37.1 Å². The number of aromatic nitrogens is 4. The highest BCUT2D eigenvalue weighted by molar-refractivity contribution is 5.92. The van der Waals surface area contributed by atoms with Crippen LogP contribution >= 0.6 is 0 Å². The molecule has 1 aliphatic rings. The number of likely N-dealkylation sites (tertiary alicyclic amines) is 1. The molecule has 0 bridgehead atoms. The zero-order valence-corrected chi connectivity index (χ0v) is 13.8. The lowest BCUT2D eigenvalue weighted by atomic mass is 9.86. The highest BCUT2D eigenvalue weighted by atomic mass is 16.2. The van der Waals surface area contributed by atoms with Gasteiger partial charge >= 0.3 is 0 Å². The monoisotopic (exact) mass is 328 g/mol. The highest BCUT2D eigenvalue weighted by Gasteiger charge is 2.45. The van der Waals surface area contributed by atoms with Crippen molar-refractivity contribution in [3.8, 4) is 0 Å². The fourth-order valence-corrected chi connectivity index (χ4v) is 3.13. The van der Waals surface area contributed by atoms with Crippen LogP contribution in [0.4, 0.5) is 0 Å². The Kier molecular flexibility index (Phi) is 4.28. The van der Waals surface area contributed by atoms with E-state index in [4.69, 9.17) is 0 Å². The molecule has 0 radical (unpaired) electrons. The van der Waals surface area contributed by atoms with E-state index in [1.807, 2.05) is 12.3 Å². The standard InChI is InChI=1S/C16H20N6O2/c1-20(2)15(24)16(22-9-3-6-19-22)4-10-21(11-5-16)14(23)13-12-17-7-8-18-13/h3,6-9,12H,4-5,10-11H2,1-2H3. The largest absolute Gasteiger partial charge is 0.347 e. The summed E-state index contributed by atoms with van der Waals surface area (Å²) in [6.07, 6.45) is 8.99. The highest BCUT2D eigenvalue weighted by Crippen LogP contribution is 2.31. The third kappa shape index (κ3) is 2.75. The van der Waals surface area contributed by atoms with E-state index in [1.54, 1.807) is 34.8 Å². The molecule has 2 aromatic heterocycles. The third-order valence-corrected chi connectivity index (χ3v) is 4.41. The van der Waals surface area contributed by atoms with Crippen molar-refractivity contribution in [3.63, 3.8) is 0 Å². The minimum atomic E-state index is -0.744. The Morgan fingerprint density at radius 2 is 1.92 bits per heavy atom. The van der Waals surface area contributed by atoms with Gasteiger partial charge < -0.3 is 9.80 Å². The van der Waals surface area contributed by atoms with Gasteiger partial charge in [-0.3, -0.25) is 19.3 Å². The van der Waals surface area contributed by atoms with Crippen molar-refractivity contribution < 1.29 is 9.59 Å². The smallest absolute Gasteiger partial charge is 0.274 e. The molecule has 2 amide bonds. The van der Waals surface area contributed by atoms with Crippen LogP contribution in [0, 0.1) is 0 Å². The molecular weight excluding hydrogens is 308 g/mol. The van der Waals surface area contributed by atoms with Crippen LogP contribution in [-0.4, -0.2) is 68.5 Å². The van der Waals surface area contributed by atoms with E-state index < -0.39 is 5.54 Å². The maximum atomic E-state index is 12.8. The molecule has 8 heteroatoms. The summed E-state index contributed by atoms with van der Waals surface area (Å²) < 4.78 is 1.72. The molecule has 1 aliphatic heterocycles. The molecule has 0 aliphatic carbocycles. The van der Waals surface area contributed by atoms with E-state index in [1.165, 1.54) is 18.6 Å². The van der Waals surface area contributed by atoms with Gasteiger partial charge in [-0.25, -0.2) is 4.98 Å². The summed E-state index contributed by atoms with van der Waals surface area (Å²) in [5, 5.41) is 4.29. The average molecular weight is 328 g/mol. The van der Waals surface area contributed by atoms with Gasteiger partial charge in [0, 0.05) is 52.0 Å². The zero-order chi connectivity index (χ0) is 17.2. The Morgan fingerprint density at radius 3 is 2.46 bits per heavy atom. The first kappa shape index (κ1) is 16.1. The first-order valence-corrected chi connectivity index (χ1v) is 7.82. The summed E-state index contributed by atoms with van der Waals surface area (Å²) in [6, 6.07) is 1.81. The van der Waals surface area contributed by atoms with E-state index >= 15 is 0 Å². The van der Waals surface area contributed by atoms with Crippen LogP contribution in [0.2, 0.25) is 0 Å². The minimum absolute atomic E-state index is 0.00204. The van der Waals surface area contributed by atoms with E-state index in [0.717, 1.165) is 0 Å². The summed E-state index contributed by atoms with van der Waals surface area (Å²) >= 11 is 0. The number of hydrogen-bond acceptors (Lipinski definition) is 5. The van der Waals surface area contributed by atoms with Gasteiger partial charge in [0.05, 0.1) is 6.20 Å². The maximum Gasteiger partial charge on any atom is 0.274 e. The summed E-state index contributed by atoms with van der Waals surface area (Å²) in [4.78, 5) is 36.6. The molecule has 0 unspecified atom stereocenters. The molecule has 0 atom stereocenters. The fourth-order valence-electron chi connectivity index (χ4n) is 3.13. The van der Waals surface area contributed by atoms with Crippen molar-refractivity contribution in [1.82, 2.24) is 29.5 Å². The maximum absolute atomic E-state index is 12.8. The Morgan fingerprint density at radius 1 is 1.17 bits per heavy atom. The van der Waals surface area contributed by atoms with Crippen molar-refractivity contribution in [2.75, 3.05) is 27.2 Å². The molecule has 126 valence electrons. The summed E-state index contributed by atoms with van der Waals surface area (Å²) in [6.45, 7) is 0.934. The first-order valence-electron chi connectivity index (χ1n) is 7.82. The number of piperidine rings is 1. The van der Waals surface area contributed by atoms with Crippen molar-refractivity contribution in [2.45, 2.75) is 18.4 Å². The van der Waals surface area contributed by atoms with Gasteiger partial charge in [-0.15, -0.1) is 0 Å². The molecule has 8 nitrogen and oxygen atoms in total. The fraction of sp³-hybridized carbons (Fsp3) is 0.438. The van der Waals surface area contributed by atoms with Crippen LogP contribution in [0.3, 0.4) is 0 Å². The molecule has 1 saturated heterocycles. The van der Waals surface area contributed by atoms with Crippen molar-refractivity contribution in [1.29, 1.82) is 0 Å². The van der Waals surface area contributed by atoms with Crippen molar-refractivity contribution in [3.05, 3.63) is 42.7 Å². The second-order valence-corrected chi connectivity index (χ2v) is 6.06. The Labute approximate surface area is 140 Å². The number of rotatable bonds is 3. The SMILES string of the molecule is CN(C)C(=O)C1(n2cccn2)CCN(C(=O)c2cnccn2)CC1. The number of carbonyl (C=O) groups is 2. The molecule has 2 aromatic rings. The topological polar surface area (TPSA) is 84.2 Å². The van der Waals surface area contributed by atoms with Gasteiger partial charge in [0.1, 0.15) is 11.2 Å². The van der Waals surface area contributed by atoms with Crippen LogP contribution in [0.25, 0.3) is 0 Å². The Balaban J connectivity index is 1.80. The van der Waals surface area contributed by atoms with Crippen molar-refractivity contribution >= 4 is 11.8 Å². The molecule has 3 heterocycles. The average Bonchev–Trinajstić information content (AvgIpc) is 3.16. The quantitative estimate of drug-likeness (QED) is 0.814. The predicted molar refractivity (Wildman–Crippen MR) is 86.1 cm³/mol. The van der Waals surface area contributed by atoms with Gasteiger partial charge in [0.2, 0.25) is 5.91 Å². The van der Waals surface area contributed by atoms with Crippen molar-refractivity contribution in [2.24, 2.45) is 0 Å². The van der Waals surface area contributed by atoms with E-state index in [0.29, 0.717) is 31.6 Å². The van der Waals surface area contributed by atoms with Crippen LogP contribution in [0.5, 0.6) is 0 Å². The lowest BCUT2D eigenvalue weighted by molar-refractivity contribution is -0.141. The van der Waals surface area contributed by atoms with Gasteiger partial charge in [0.15, 0.2) is 0 Å². The molecule has 1 fully saturated rings. The van der Waals surface area contributed by atoms with Gasteiger partial charge in [0.25, 0.3) is 5.91 Å². The summed E-state index contributed by atoms with van der Waals surface area (Å²) in [7, 11) is 3.48. The van der Waals surface area contributed by atoms with E-state index in [9.17, 15) is 9.59 Å². The predicted octanol–water partition coefficient (Wildman–Crippen LogP) is 0.393. The number of hydrogen-bond donors (Lipinski definition) is 0. The van der Waals surface area contributed by atoms with Gasteiger partial charge in [-0.1, -0.05) is 0 Å². The summed E-state index contributed by atoms with van der Waals surface area (Å²) in [5.41, 5.74) is -0.422. The summed E-state index contributed by atoms with van der Waals surface area (Å²) in [5.74, 6) is -0.160. The molecule has 0 spiro atoms. The van der Waals surface area contributed by atoms with Gasteiger partial charge in [-0.05, 0) is 18.9 Å². The Bertz CT molecular complexity index is 705. The number of likely N-dealkylation sites (N-methyl/N-ethyl adjacent to an activating group) is 1. The normalized spacial score (nSPS) is 16.7. The number of amides is 2. The molecule has 3 rings (SSSR count). The molecular formula is C16H20N6O2. The van der Waals surface area contributed by atoms with E-state index in [-0.39, 0.29) is 11.8 Å². The number of nitrogens with zero attached hydrogens (tertiary/aromatic N) is 6. The molecule has 24 heavy (non-hydrogen) atoms. The minimum Gasteiger partial charge on any atom is -0.347 e. The van der Waals surface area contributed by atoms with E-state index in [2.05, 4.69) is 15.1 Å². The second kappa shape index (κ2) is 6.38. The molecule has 0 saturated carbocycles. The van der Waals surface area contributed by atoms with Crippen LogP contribution in [0.1, 0.15) is 23.3 Å². The van der Waals surface area contributed by atoms with Gasteiger partial charge in [-0.2, -0.15) is 5.10 Å². The Hall–Kier alpha value is -2.77. The third-order valence-electron chi connectivity index (χ3n) is 4.41. The lowest BCUT2D eigenvalue weighted by Gasteiger charge is -2.41. The first-order chi connectivity index (χ1) is 11.5. The lowest BCUT2D eigenvalue weighted by Crippen LogP contribution is -2.55. The van der Waals surface area contributed by atoms with Crippen LogP contribution in [-0.2, 0) is 10.3 Å². The zero-order valence-electron chi connectivity index (χ0n) is 13.8.